The first-order valence-electron chi connectivity index (χ1n) is 36.3. The number of aliphatic hydroxyl groups excluding tert-OH is 2. The van der Waals surface area contributed by atoms with E-state index >= 15 is 9.59 Å². The number of phenols is 2. The van der Waals surface area contributed by atoms with Crippen LogP contribution in [-0.4, -0.2) is 208 Å². The van der Waals surface area contributed by atoms with Gasteiger partial charge in [-0.2, -0.15) is 23.5 Å². The van der Waals surface area contributed by atoms with Crippen LogP contribution in [0.4, 0.5) is 0 Å². The monoisotopic (exact) mass is 1550 g/mol. The van der Waals surface area contributed by atoms with Crippen LogP contribution in [0.15, 0.2) is 97.3 Å². The van der Waals surface area contributed by atoms with Crippen LogP contribution in [0, 0.1) is 11.3 Å². The van der Waals surface area contributed by atoms with E-state index in [1.165, 1.54) is 106 Å². The average molecular weight is 1550 g/mol. The van der Waals surface area contributed by atoms with Crippen LogP contribution in [0.1, 0.15) is 129 Å². The highest BCUT2D eigenvalue weighted by atomic mass is 32.2. The third-order valence-electron chi connectivity index (χ3n) is 19.5. The number of nitrogens with zero attached hydrogens (tertiary/aromatic N) is 2. The Labute approximate surface area is 642 Å². The van der Waals surface area contributed by atoms with Gasteiger partial charge in [-0.15, -0.1) is 0 Å². The van der Waals surface area contributed by atoms with Gasteiger partial charge in [-0.3, -0.25) is 57.5 Å². The molecule has 31 nitrogen and oxygen atoms in total. The van der Waals surface area contributed by atoms with Gasteiger partial charge in [-0.1, -0.05) is 83.1 Å². The number of aliphatic hydroxyl groups is 2. The van der Waals surface area contributed by atoms with E-state index in [2.05, 4.69) is 63.1 Å². The smallest absolute Gasteiger partial charge is 0.246 e. The molecule has 33 heteroatoms. The number of pyridine rings is 1. The van der Waals surface area contributed by atoms with Crippen molar-refractivity contribution in [2.45, 2.75) is 210 Å². The number of fused-ring (bicyclic) bond motifs is 4. The maximum Gasteiger partial charge on any atom is 0.246 e. The molecule has 19 N–H and O–H groups in total. The molecule has 0 saturated carbocycles. The summed E-state index contributed by atoms with van der Waals surface area (Å²) in [5.41, 5.74) is 10.6. The van der Waals surface area contributed by atoms with Gasteiger partial charge in [0, 0.05) is 73.0 Å². The normalized spacial score (nSPS) is 26.0. The number of thioether (sulfide) groups is 2. The van der Waals surface area contributed by atoms with E-state index in [4.69, 9.17) is 11.5 Å². The SMILES string of the molecule is CC(C)[C@]1(C)NC(=O)[C@H](Cc2ccc(O)cc2)NC(=O)[C@H](C)NC(=O)[C@](C)(CCCN)NC(=O)[C@H](Cc2c[nH]c3ncccc23)NC(=O)[C@H]([C@@H](C)O)NC(=O)[C@@H]2CCCN2C(=O)[C@H](Cc2ccc(O)cc2)NC(=O)[C@H](C(C)(C)C)NC(=O)CCSCc2cccc(c2)CSC[C@H](C(N)=O)NC(=O)[C@H]([C@@H](C)O)NC1=O. The zero-order valence-corrected chi connectivity index (χ0v) is 64.8. The Balaban J connectivity index is 1.23. The van der Waals surface area contributed by atoms with Gasteiger partial charge in [-0.05, 0) is 142 Å². The molecular formula is C76H105N15O16S2. The number of nitrogens with one attached hydrogen (secondary N) is 11. The van der Waals surface area contributed by atoms with Crippen LogP contribution >= 0.6 is 23.5 Å². The number of nitrogens with two attached hydrogens (primary N) is 2. The van der Waals surface area contributed by atoms with E-state index in [0.29, 0.717) is 51.4 Å². The number of carbonyl (C=O) groups excluding carboxylic acids is 12. The number of aromatic nitrogens is 2. The Hall–Kier alpha value is -9.83. The Morgan fingerprint density at radius 2 is 1.22 bits per heavy atom. The van der Waals surface area contributed by atoms with Gasteiger partial charge in [-0.25, -0.2) is 4.98 Å². The summed E-state index contributed by atoms with van der Waals surface area (Å²) in [7, 11) is 0. The molecule has 0 spiro atoms. The Morgan fingerprint density at radius 1 is 0.651 bits per heavy atom. The standard InChI is InChI=1S/C76H105N15O16S2/c1-41(2)76(10)73(107)88-60(44(5)93)69(103)85-56(62(78)97)40-109-39-48-16-11-15-47(33-48)38-108-32-27-58(96)86-61(74(6,7)8)70(104)84-55(35-46-21-25-51(95)26-22-46)71(105)91-31-13-18-57(91)67(101)87-59(43(4)92)68(102)83-54(36-49-37-80-63-52(49)17-12-30-79-63)65(99)89-75(9,28-14-29-77)72(106)81-42(3)64(98)82-53(66(100)90-76)34-45-19-23-50(94)24-20-45/h11-12,15-17,19-26,30,33,37,41-44,53-57,59-61,92-95H,13-14,18,27-29,31-32,34-36,38-40,77H2,1-10H3,(H2,78,97)(H,79,80)(H,81,106)(H,82,98)(H,83,102)(H,84,104)(H,85,103)(H,86,96)(H,87,101)(H,88,107)(H,89,99)(H,90,100)/t42-,43+,44+,53-,54-,55-,56+,57-,59-,60-,61+,75-,76-/m0/s1. The maximum atomic E-state index is 15.1. The molecule has 0 unspecified atom stereocenters. The van der Waals surface area contributed by atoms with Gasteiger partial charge in [0.25, 0.3) is 0 Å². The summed E-state index contributed by atoms with van der Waals surface area (Å²) >= 11 is 2.72. The number of hydrogen-bond donors (Lipinski definition) is 17. The van der Waals surface area contributed by atoms with E-state index in [9.17, 15) is 68.4 Å². The second-order valence-corrected chi connectivity index (χ2v) is 31.8. The quantitative estimate of drug-likeness (QED) is 0.0778. The molecule has 109 heavy (non-hydrogen) atoms. The fraction of sp³-hybridized carbons (Fsp3) is 0.513. The zero-order chi connectivity index (χ0) is 80.2. The largest absolute Gasteiger partial charge is 0.508 e. The molecule has 0 aliphatic carbocycles. The highest BCUT2D eigenvalue weighted by molar-refractivity contribution is 7.98. The first kappa shape index (κ1) is 86.4. The third kappa shape index (κ3) is 24.1. The molecule has 2 bridgehead atoms. The summed E-state index contributed by atoms with van der Waals surface area (Å²) in [5, 5.41) is 70.2. The van der Waals surface area contributed by atoms with Crippen molar-refractivity contribution in [2.75, 3.05) is 24.6 Å². The van der Waals surface area contributed by atoms with Crippen LogP contribution in [0.3, 0.4) is 0 Å². The molecule has 13 atom stereocenters. The minimum atomic E-state index is -1.93. The molecule has 592 valence electrons. The van der Waals surface area contributed by atoms with Gasteiger partial charge >= 0.3 is 0 Å². The van der Waals surface area contributed by atoms with Gasteiger partial charge in [0.2, 0.25) is 70.9 Å². The predicted molar refractivity (Wildman–Crippen MR) is 411 cm³/mol. The van der Waals surface area contributed by atoms with Crippen molar-refractivity contribution >= 4 is 105 Å². The summed E-state index contributed by atoms with van der Waals surface area (Å²) < 4.78 is 0. The van der Waals surface area contributed by atoms with Crippen molar-refractivity contribution < 1.29 is 78.0 Å². The maximum absolute atomic E-state index is 15.1. The van der Waals surface area contributed by atoms with E-state index in [-0.39, 0.29) is 75.3 Å². The minimum Gasteiger partial charge on any atom is -0.508 e. The van der Waals surface area contributed by atoms with Crippen molar-refractivity contribution in [2.24, 2.45) is 22.8 Å². The Kier molecular flexibility index (Phi) is 30.9. The van der Waals surface area contributed by atoms with Crippen molar-refractivity contribution in [1.29, 1.82) is 0 Å². The molecule has 2 aliphatic rings. The lowest BCUT2D eigenvalue weighted by atomic mass is 9.85. The molecule has 12 amide bonds. The number of rotatable bonds is 13. The number of amides is 12. The summed E-state index contributed by atoms with van der Waals surface area (Å²) in [6, 6.07) is 9.33. The molecule has 7 rings (SSSR count). The highest BCUT2D eigenvalue weighted by Crippen LogP contribution is 2.27. The topological polar surface area (TPSA) is 490 Å². The van der Waals surface area contributed by atoms with Crippen LogP contribution in [0.2, 0.25) is 0 Å². The summed E-state index contributed by atoms with van der Waals surface area (Å²) in [6.07, 6.45) is -0.443. The van der Waals surface area contributed by atoms with Gasteiger partial charge < -0.3 is 94.9 Å². The van der Waals surface area contributed by atoms with Gasteiger partial charge in [0.1, 0.15) is 82.6 Å². The first-order valence-corrected chi connectivity index (χ1v) is 38.7. The summed E-state index contributed by atoms with van der Waals surface area (Å²) in [4.78, 5) is 183. The number of phenolic OH excluding ortho intramolecular Hbond substituents is 2. The van der Waals surface area contributed by atoms with E-state index in [1.54, 1.807) is 65.1 Å². The van der Waals surface area contributed by atoms with Crippen molar-refractivity contribution in [1.82, 2.24) is 68.0 Å². The lowest BCUT2D eigenvalue weighted by Gasteiger charge is -2.36. The van der Waals surface area contributed by atoms with E-state index in [0.717, 1.165) is 11.1 Å². The summed E-state index contributed by atoms with van der Waals surface area (Å²) in [6.45, 7) is 15.0. The average Bonchev–Trinajstić information content (AvgIpc) is 1.50. The van der Waals surface area contributed by atoms with Crippen LogP contribution in [-0.2, 0) is 88.3 Å². The zero-order valence-electron chi connectivity index (χ0n) is 63.1. The molecule has 5 aromatic rings. The highest BCUT2D eigenvalue weighted by Gasteiger charge is 2.46. The first-order chi connectivity index (χ1) is 51.4. The molecular weight excluding hydrogens is 1440 g/mol. The number of benzene rings is 3. The van der Waals surface area contributed by atoms with Crippen LogP contribution in [0.5, 0.6) is 11.5 Å². The number of aromatic hydroxyl groups is 2. The number of primary amides is 1. The van der Waals surface area contributed by atoms with E-state index < -0.39 is 160 Å². The molecule has 0 radical (unpaired) electrons. The molecule has 3 aromatic carbocycles. The number of carbonyl (C=O) groups is 12. The number of hydrogen-bond acceptors (Lipinski definition) is 20. The number of aromatic amines is 1. The fourth-order valence-corrected chi connectivity index (χ4v) is 14.4. The Morgan fingerprint density at radius 3 is 1.82 bits per heavy atom. The predicted octanol–water partition coefficient (Wildman–Crippen LogP) is 0.899. The van der Waals surface area contributed by atoms with Crippen LogP contribution < -0.4 is 64.6 Å². The third-order valence-corrected chi connectivity index (χ3v) is 21.6. The second-order valence-electron chi connectivity index (χ2n) is 29.7. The molecule has 2 aromatic heterocycles. The van der Waals surface area contributed by atoms with Crippen molar-refractivity contribution in [3.63, 3.8) is 0 Å². The van der Waals surface area contributed by atoms with Gasteiger partial charge in [0.15, 0.2) is 0 Å². The second kappa shape index (κ2) is 39.0. The minimum absolute atomic E-state index is 0.00775. The molecule has 1 saturated heterocycles. The van der Waals surface area contributed by atoms with E-state index in [1.807, 2.05) is 24.3 Å². The Bertz CT molecular complexity index is 4060. The molecule has 1 fully saturated rings. The number of H-pyrrole nitrogens is 1. The van der Waals surface area contributed by atoms with Crippen molar-refractivity contribution in [3.8, 4) is 11.5 Å². The fourth-order valence-electron chi connectivity index (χ4n) is 12.5. The molecule has 4 heterocycles. The molecule has 2 aliphatic heterocycles. The lowest BCUT2D eigenvalue weighted by molar-refractivity contribution is -0.143. The van der Waals surface area contributed by atoms with Crippen LogP contribution in [0.25, 0.3) is 11.0 Å². The summed E-state index contributed by atoms with van der Waals surface area (Å²) in [5.74, 6) is -10.2. The van der Waals surface area contributed by atoms with Gasteiger partial charge in [0.05, 0.1) is 12.2 Å². The lowest BCUT2D eigenvalue weighted by Crippen LogP contribution is -2.67. The van der Waals surface area contributed by atoms with Crippen molar-refractivity contribution in [3.05, 3.63) is 125 Å².